The summed E-state index contributed by atoms with van der Waals surface area (Å²) in [5.74, 6) is 0. The van der Waals surface area contributed by atoms with Gasteiger partial charge in [0.2, 0.25) is 5.28 Å². The van der Waals surface area contributed by atoms with Crippen LogP contribution in [0.5, 0.6) is 0 Å². The Morgan fingerprint density at radius 1 is 1.39 bits per heavy atom. The van der Waals surface area contributed by atoms with Gasteiger partial charge in [0, 0.05) is 38.0 Å². The smallest absolute Gasteiger partial charge is 0.223 e. The van der Waals surface area contributed by atoms with Crippen LogP contribution in [0.1, 0.15) is 25.3 Å². The lowest BCUT2D eigenvalue weighted by molar-refractivity contribution is 0.0125. The van der Waals surface area contributed by atoms with E-state index in [1.165, 1.54) is 0 Å². The van der Waals surface area contributed by atoms with Crippen LogP contribution in [-0.2, 0) is 11.3 Å². The maximum Gasteiger partial charge on any atom is 0.223 e. The number of ether oxygens (including phenoxy) is 1. The summed E-state index contributed by atoms with van der Waals surface area (Å²) in [5.41, 5.74) is 0.927. The molecule has 1 aliphatic rings. The van der Waals surface area contributed by atoms with Gasteiger partial charge in [-0.3, -0.25) is 4.90 Å². The average molecular weight is 290 g/mol. The Hall–Kier alpha value is -0.420. The van der Waals surface area contributed by atoms with Crippen molar-refractivity contribution in [1.82, 2.24) is 14.9 Å². The number of piperidine rings is 1. The zero-order chi connectivity index (χ0) is 13.0. The molecule has 0 bridgehead atoms. The molecule has 2 heterocycles. The highest BCUT2D eigenvalue weighted by Crippen LogP contribution is 2.20. The second-order valence-corrected chi connectivity index (χ2v) is 5.08. The molecule has 100 valence electrons. The van der Waals surface area contributed by atoms with Crippen LogP contribution < -0.4 is 0 Å². The van der Waals surface area contributed by atoms with Crippen molar-refractivity contribution in [1.29, 1.82) is 0 Å². The van der Waals surface area contributed by atoms with Crippen LogP contribution >= 0.6 is 23.2 Å². The van der Waals surface area contributed by atoms with Gasteiger partial charge in [-0.1, -0.05) is 11.6 Å². The van der Waals surface area contributed by atoms with Crippen molar-refractivity contribution < 1.29 is 4.74 Å². The maximum atomic E-state index is 6.04. The minimum absolute atomic E-state index is 0.193. The molecule has 1 fully saturated rings. The van der Waals surface area contributed by atoms with Crippen LogP contribution in [0.25, 0.3) is 0 Å². The minimum Gasteiger partial charge on any atom is -0.378 e. The third-order valence-corrected chi connectivity index (χ3v) is 3.62. The molecule has 0 spiro atoms. The lowest BCUT2D eigenvalue weighted by atomic mass is 10.1. The Bertz CT molecular complexity index is 395. The normalized spacial score (nSPS) is 18.2. The van der Waals surface area contributed by atoms with Gasteiger partial charge in [-0.25, -0.2) is 9.97 Å². The summed E-state index contributed by atoms with van der Waals surface area (Å²) in [4.78, 5) is 10.3. The first kappa shape index (κ1) is 14.0. The number of nitrogens with zero attached hydrogens (tertiary/aromatic N) is 3. The summed E-state index contributed by atoms with van der Waals surface area (Å²) in [6.45, 7) is 5.64. The molecule has 0 amide bonds. The number of rotatable bonds is 4. The number of aromatic nitrogens is 2. The van der Waals surface area contributed by atoms with E-state index in [0.29, 0.717) is 11.3 Å². The number of halogens is 2. The summed E-state index contributed by atoms with van der Waals surface area (Å²) < 4.78 is 5.63. The van der Waals surface area contributed by atoms with E-state index in [1.54, 1.807) is 6.20 Å². The van der Waals surface area contributed by atoms with Gasteiger partial charge < -0.3 is 4.74 Å². The number of hydrogen-bond acceptors (Lipinski definition) is 4. The summed E-state index contributed by atoms with van der Waals surface area (Å²) in [7, 11) is 0. The maximum absolute atomic E-state index is 6.04. The van der Waals surface area contributed by atoms with Gasteiger partial charge in [0.25, 0.3) is 0 Å². The first-order valence-corrected chi connectivity index (χ1v) is 6.95. The summed E-state index contributed by atoms with van der Waals surface area (Å²) >= 11 is 11.7. The number of hydrogen-bond donors (Lipinski definition) is 0. The SMILES string of the molecule is CCOC1CCN(Cc2cnc(Cl)nc2Cl)CC1. The fourth-order valence-electron chi connectivity index (χ4n) is 2.18. The second-order valence-electron chi connectivity index (χ2n) is 4.39. The Morgan fingerprint density at radius 3 is 2.72 bits per heavy atom. The van der Waals surface area contributed by atoms with Crippen molar-refractivity contribution in [2.75, 3.05) is 19.7 Å². The zero-order valence-electron chi connectivity index (χ0n) is 10.4. The first-order valence-electron chi connectivity index (χ1n) is 6.20. The third kappa shape index (κ3) is 3.79. The molecule has 0 atom stereocenters. The van der Waals surface area contributed by atoms with Gasteiger partial charge >= 0.3 is 0 Å². The molecular weight excluding hydrogens is 273 g/mol. The molecule has 4 nitrogen and oxygen atoms in total. The highest BCUT2D eigenvalue weighted by Gasteiger charge is 2.20. The molecule has 0 saturated carbocycles. The van der Waals surface area contributed by atoms with E-state index in [-0.39, 0.29) is 5.28 Å². The van der Waals surface area contributed by atoms with E-state index in [9.17, 15) is 0 Å². The van der Waals surface area contributed by atoms with Gasteiger partial charge in [-0.15, -0.1) is 0 Å². The van der Waals surface area contributed by atoms with Crippen molar-refractivity contribution in [3.05, 3.63) is 22.2 Å². The van der Waals surface area contributed by atoms with Crippen LogP contribution in [0.3, 0.4) is 0 Å². The molecule has 6 heteroatoms. The predicted molar refractivity (Wildman–Crippen MR) is 72.0 cm³/mol. The summed E-state index contributed by atoms with van der Waals surface area (Å²) in [6, 6.07) is 0. The third-order valence-electron chi connectivity index (χ3n) is 3.11. The van der Waals surface area contributed by atoms with Crippen LogP contribution in [0.4, 0.5) is 0 Å². The van der Waals surface area contributed by atoms with Crippen molar-refractivity contribution in [2.45, 2.75) is 32.4 Å². The van der Waals surface area contributed by atoms with Gasteiger partial charge in [-0.2, -0.15) is 0 Å². The topological polar surface area (TPSA) is 38.2 Å². The van der Waals surface area contributed by atoms with E-state index in [0.717, 1.165) is 44.6 Å². The zero-order valence-corrected chi connectivity index (χ0v) is 11.9. The lowest BCUT2D eigenvalue weighted by Gasteiger charge is -2.31. The molecule has 0 aromatic carbocycles. The Balaban J connectivity index is 1.87. The lowest BCUT2D eigenvalue weighted by Crippen LogP contribution is -2.36. The van der Waals surface area contributed by atoms with Gasteiger partial charge in [0.1, 0.15) is 5.15 Å². The van der Waals surface area contributed by atoms with E-state index in [2.05, 4.69) is 14.9 Å². The number of likely N-dealkylation sites (tertiary alicyclic amines) is 1. The van der Waals surface area contributed by atoms with Gasteiger partial charge in [-0.05, 0) is 31.4 Å². The second kappa shape index (κ2) is 6.66. The summed E-state index contributed by atoms with van der Waals surface area (Å²) in [6.07, 6.45) is 4.25. The van der Waals surface area contributed by atoms with Crippen molar-refractivity contribution in [2.24, 2.45) is 0 Å². The van der Waals surface area contributed by atoms with Crippen molar-refractivity contribution in [3.63, 3.8) is 0 Å². The fourth-order valence-corrected chi connectivity index (χ4v) is 2.55. The largest absolute Gasteiger partial charge is 0.378 e. The molecular formula is C12H17Cl2N3O. The van der Waals surface area contributed by atoms with Gasteiger partial charge in [0.15, 0.2) is 0 Å². The fraction of sp³-hybridized carbons (Fsp3) is 0.667. The molecule has 1 aliphatic heterocycles. The molecule has 0 radical (unpaired) electrons. The molecule has 1 saturated heterocycles. The predicted octanol–water partition coefficient (Wildman–Crippen LogP) is 2.78. The van der Waals surface area contributed by atoms with Gasteiger partial charge in [0.05, 0.1) is 6.10 Å². The van der Waals surface area contributed by atoms with Crippen LogP contribution in [-0.4, -0.2) is 40.7 Å². The van der Waals surface area contributed by atoms with E-state index in [4.69, 9.17) is 27.9 Å². The van der Waals surface area contributed by atoms with Crippen molar-refractivity contribution >= 4 is 23.2 Å². The molecule has 18 heavy (non-hydrogen) atoms. The highest BCUT2D eigenvalue weighted by atomic mass is 35.5. The van der Waals surface area contributed by atoms with E-state index >= 15 is 0 Å². The van der Waals surface area contributed by atoms with Crippen LogP contribution in [0.15, 0.2) is 6.20 Å². The Labute approximate surface area is 117 Å². The van der Waals surface area contributed by atoms with E-state index in [1.807, 2.05) is 6.92 Å². The highest BCUT2D eigenvalue weighted by molar-refractivity contribution is 6.32. The molecule has 1 aromatic rings. The van der Waals surface area contributed by atoms with Crippen molar-refractivity contribution in [3.8, 4) is 0 Å². The molecule has 0 aliphatic carbocycles. The Kier molecular flexibility index (Phi) is 5.18. The summed E-state index contributed by atoms with van der Waals surface area (Å²) in [5, 5.41) is 0.640. The van der Waals surface area contributed by atoms with E-state index < -0.39 is 0 Å². The molecule has 2 rings (SSSR count). The standard InChI is InChI=1S/C12H17Cl2N3O/c1-2-18-10-3-5-17(6-4-10)8-9-7-15-12(14)16-11(9)13/h7,10H,2-6,8H2,1H3. The van der Waals surface area contributed by atoms with Crippen LogP contribution in [0.2, 0.25) is 10.4 Å². The first-order chi connectivity index (χ1) is 8.69. The molecule has 0 unspecified atom stereocenters. The quantitative estimate of drug-likeness (QED) is 0.631. The Morgan fingerprint density at radius 2 is 2.11 bits per heavy atom. The molecule has 1 aromatic heterocycles. The minimum atomic E-state index is 0.193. The monoisotopic (exact) mass is 289 g/mol. The molecule has 0 N–H and O–H groups in total. The average Bonchev–Trinajstić information content (AvgIpc) is 2.35. The van der Waals surface area contributed by atoms with Crippen LogP contribution in [0, 0.1) is 0 Å².